The first kappa shape index (κ1) is 16.7. The molecule has 2 aromatic heterocycles. The number of rotatable bonds is 4. The molecule has 0 aliphatic rings. The Morgan fingerprint density at radius 3 is 2.33 bits per heavy atom. The van der Waals surface area contributed by atoms with Gasteiger partial charge in [0.25, 0.3) is 5.91 Å². The zero-order valence-corrected chi connectivity index (χ0v) is 15.0. The largest absolute Gasteiger partial charge is 0.322 e. The smallest absolute Gasteiger partial charge is 0.255 e. The van der Waals surface area contributed by atoms with Gasteiger partial charge in [-0.25, -0.2) is 4.68 Å². The molecular formula is C20H18N6O. The Morgan fingerprint density at radius 1 is 0.926 bits per heavy atom. The Kier molecular flexibility index (Phi) is 4.25. The molecule has 4 aromatic rings. The van der Waals surface area contributed by atoms with Crippen molar-refractivity contribution >= 4 is 11.6 Å². The minimum Gasteiger partial charge on any atom is -0.322 e. The zero-order valence-electron chi connectivity index (χ0n) is 15.0. The molecule has 0 aliphatic carbocycles. The molecule has 0 saturated heterocycles. The van der Waals surface area contributed by atoms with Gasteiger partial charge in [0, 0.05) is 28.3 Å². The number of aryl methyl sites for hydroxylation is 2. The maximum Gasteiger partial charge on any atom is 0.255 e. The molecule has 1 amide bonds. The molecule has 0 saturated carbocycles. The van der Waals surface area contributed by atoms with Crippen molar-refractivity contribution in [2.75, 3.05) is 5.32 Å². The zero-order chi connectivity index (χ0) is 18.8. The first-order chi connectivity index (χ1) is 13.1. The number of nitrogens with zero attached hydrogens (tertiary/aromatic N) is 5. The molecule has 0 fully saturated rings. The van der Waals surface area contributed by atoms with Gasteiger partial charge in [-0.1, -0.05) is 6.07 Å². The lowest BCUT2D eigenvalue weighted by Gasteiger charge is -2.11. The van der Waals surface area contributed by atoms with E-state index in [-0.39, 0.29) is 5.91 Å². The number of amides is 1. The summed E-state index contributed by atoms with van der Waals surface area (Å²) in [7, 11) is 0. The summed E-state index contributed by atoms with van der Waals surface area (Å²) in [6.45, 7) is 4.12. The number of tetrazole rings is 1. The van der Waals surface area contributed by atoms with Crippen LogP contribution in [0.1, 0.15) is 21.7 Å². The standard InChI is InChI=1S/C20H18N6O/c1-14-6-7-15(2)26(14)18-10-8-16(9-11-18)20(27)22-17-4-3-5-19(12-17)25-13-21-23-24-25/h3-13H,1-2H3,(H,22,27). The van der Waals surface area contributed by atoms with Gasteiger partial charge in [-0.15, -0.1) is 5.10 Å². The van der Waals surface area contributed by atoms with Crippen molar-refractivity contribution in [2.45, 2.75) is 13.8 Å². The number of anilines is 1. The van der Waals surface area contributed by atoms with E-state index in [1.165, 1.54) is 11.0 Å². The van der Waals surface area contributed by atoms with E-state index in [1.807, 2.05) is 48.5 Å². The second-order valence-corrected chi connectivity index (χ2v) is 6.26. The molecule has 7 nitrogen and oxygen atoms in total. The van der Waals surface area contributed by atoms with Gasteiger partial charge in [-0.05, 0) is 78.9 Å². The van der Waals surface area contributed by atoms with Crippen molar-refractivity contribution in [1.29, 1.82) is 0 Å². The summed E-state index contributed by atoms with van der Waals surface area (Å²) in [5, 5.41) is 14.0. The van der Waals surface area contributed by atoms with Gasteiger partial charge in [0.05, 0.1) is 5.69 Å². The third-order valence-corrected chi connectivity index (χ3v) is 4.38. The lowest BCUT2D eigenvalue weighted by molar-refractivity contribution is 0.102. The first-order valence-electron chi connectivity index (χ1n) is 8.52. The van der Waals surface area contributed by atoms with E-state index in [0.29, 0.717) is 11.3 Å². The summed E-state index contributed by atoms with van der Waals surface area (Å²) in [4.78, 5) is 12.6. The topological polar surface area (TPSA) is 77.6 Å². The van der Waals surface area contributed by atoms with Crippen molar-refractivity contribution < 1.29 is 4.79 Å². The molecule has 0 radical (unpaired) electrons. The molecule has 7 heteroatoms. The number of aromatic nitrogens is 5. The summed E-state index contributed by atoms with van der Waals surface area (Å²) in [5.41, 5.74) is 5.38. The maximum absolute atomic E-state index is 12.6. The van der Waals surface area contributed by atoms with Gasteiger partial charge in [0.2, 0.25) is 0 Å². The SMILES string of the molecule is Cc1ccc(C)n1-c1ccc(C(=O)Nc2cccc(-n3cnnn3)c2)cc1. The van der Waals surface area contributed by atoms with Gasteiger partial charge in [-0.2, -0.15) is 0 Å². The van der Waals surface area contributed by atoms with Crippen LogP contribution in [0.25, 0.3) is 11.4 Å². The van der Waals surface area contributed by atoms with Gasteiger partial charge in [0.1, 0.15) is 6.33 Å². The highest BCUT2D eigenvalue weighted by Crippen LogP contribution is 2.18. The molecule has 0 unspecified atom stereocenters. The Labute approximate surface area is 156 Å². The van der Waals surface area contributed by atoms with Gasteiger partial charge < -0.3 is 9.88 Å². The summed E-state index contributed by atoms with van der Waals surface area (Å²) in [6.07, 6.45) is 1.50. The Balaban J connectivity index is 1.53. The number of nitrogens with one attached hydrogen (secondary N) is 1. The van der Waals surface area contributed by atoms with Crippen LogP contribution in [0.5, 0.6) is 0 Å². The Morgan fingerprint density at radius 2 is 1.67 bits per heavy atom. The van der Waals surface area contributed by atoms with E-state index in [1.54, 1.807) is 0 Å². The molecule has 2 aromatic carbocycles. The van der Waals surface area contributed by atoms with Crippen LogP contribution in [0.15, 0.2) is 67.0 Å². The number of carbonyl (C=O) groups is 1. The van der Waals surface area contributed by atoms with Crippen LogP contribution in [-0.4, -0.2) is 30.7 Å². The second-order valence-electron chi connectivity index (χ2n) is 6.26. The second kappa shape index (κ2) is 6.87. The normalized spacial score (nSPS) is 10.7. The minimum absolute atomic E-state index is 0.170. The van der Waals surface area contributed by atoms with E-state index in [4.69, 9.17) is 0 Å². The van der Waals surface area contributed by atoms with Crippen LogP contribution < -0.4 is 5.32 Å². The Hall–Kier alpha value is -3.74. The summed E-state index contributed by atoms with van der Waals surface area (Å²) < 4.78 is 3.68. The molecule has 4 rings (SSSR count). The molecule has 0 aliphatic heterocycles. The van der Waals surface area contributed by atoms with Crippen LogP contribution in [0, 0.1) is 13.8 Å². The first-order valence-corrected chi connectivity index (χ1v) is 8.52. The average molecular weight is 358 g/mol. The van der Waals surface area contributed by atoms with Crippen LogP contribution in [-0.2, 0) is 0 Å². The highest BCUT2D eigenvalue weighted by molar-refractivity contribution is 6.04. The summed E-state index contributed by atoms with van der Waals surface area (Å²) in [6, 6.07) is 19.1. The quantitative estimate of drug-likeness (QED) is 0.607. The van der Waals surface area contributed by atoms with Crippen molar-refractivity contribution in [3.05, 3.63) is 83.9 Å². The van der Waals surface area contributed by atoms with E-state index >= 15 is 0 Å². The number of hydrogen-bond acceptors (Lipinski definition) is 4. The summed E-state index contributed by atoms with van der Waals surface area (Å²) >= 11 is 0. The van der Waals surface area contributed by atoms with Crippen LogP contribution in [0.2, 0.25) is 0 Å². The fourth-order valence-corrected chi connectivity index (χ4v) is 3.05. The highest BCUT2D eigenvalue weighted by Gasteiger charge is 2.09. The Bertz CT molecular complexity index is 1060. The van der Waals surface area contributed by atoms with Gasteiger partial charge >= 0.3 is 0 Å². The van der Waals surface area contributed by atoms with Gasteiger partial charge in [0.15, 0.2) is 0 Å². The fourth-order valence-electron chi connectivity index (χ4n) is 3.05. The third-order valence-electron chi connectivity index (χ3n) is 4.38. The van der Waals surface area contributed by atoms with Crippen LogP contribution in [0.4, 0.5) is 5.69 Å². The number of benzene rings is 2. The average Bonchev–Trinajstić information content (AvgIpc) is 3.32. The monoisotopic (exact) mass is 358 g/mol. The third kappa shape index (κ3) is 3.35. The highest BCUT2D eigenvalue weighted by atomic mass is 16.1. The molecule has 0 atom stereocenters. The van der Waals surface area contributed by atoms with Gasteiger partial charge in [-0.3, -0.25) is 4.79 Å². The molecule has 2 heterocycles. The van der Waals surface area contributed by atoms with Crippen LogP contribution >= 0.6 is 0 Å². The lowest BCUT2D eigenvalue weighted by atomic mass is 10.1. The van der Waals surface area contributed by atoms with E-state index in [2.05, 4.69) is 51.4 Å². The maximum atomic E-state index is 12.6. The molecule has 0 spiro atoms. The van der Waals surface area contributed by atoms with E-state index in [0.717, 1.165) is 22.8 Å². The predicted molar refractivity (Wildman–Crippen MR) is 102 cm³/mol. The van der Waals surface area contributed by atoms with E-state index in [9.17, 15) is 4.79 Å². The predicted octanol–water partition coefficient (Wildman–Crippen LogP) is 3.32. The minimum atomic E-state index is -0.170. The molecule has 1 N–H and O–H groups in total. The fraction of sp³-hybridized carbons (Fsp3) is 0.100. The van der Waals surface area contributed by atoms with Crippen molar-refractivity contribution in [1.82, 2.24) is 24.8 Å². The lowest BCUT2D eigenvalue weighted by Crippen LogP contribution is -2.12. The van der Waals surface area contributed by atoms with Crippen molar-refractivity contribution in [3.8, 4) is 11.4 Å². The van der Waals surface area contributed by atoms with E-state index < -0.39 is 0 Å². The van der Waals surface area contributed by atoms with Crippen molar-refractivity contribution in [3.63, 3.8) is 0 Å². The molecule has 134 valence electrons. The number of carbonyl (C=O) groups excluding carboxylic acids is 1. The number of hydrogen-bond donors (Lipinski definition) is 1. The van der Waals surface area contributed by atoms with Crippen molar-refractivity contribution in [2.24, 2.45) is 0 Å². The van der Waals surface area contributed by atoms with Crippen LogP contribution in [0.3, 0.4) is 0 Å². The summed E-state index contributed by atoms with van der Waals surface area (Å²) in [5.74, 6) is -0.170. The molecular weight excluding hydrogens is 340 g/mol. The molecule has 0 bridgehead atoms. The molecule has 27 heavy (non-hydrogen) atoms.